The van der Waals surface area contributed by atoms with E-state index < -0.39 is 11.9 Å². The van der Waals surface area contributed by atoms with E-state index in [2.05, 4.69) is 0 Å². The summed E-state index contributed by atoms with van der Waals surface area (Å²) < 4.78 is 8.78. The van der Waals surface area contributed by atoms with Crippen molar-refractivity contribution in [2.75, 3.05) is 0 Å². The lowest BCUT2D eigenvalue weighted by Gasteiger charge is -2.13. The van der Waals surface area contributed by atoms with E-state index in [1.54, 1.807) is 17.7 Å². The maximum absolute atomic E-state index is 12.1. The summed E-state index contributed by atoms with van der Waals surface area (Å²) in [4.78, 5) is 43.5. The Morgan fingerprint density at radius 1 is 1.00 bits per heavy atom. The van der Waals surface area contributed by atoms with Crippen molar-refractivity contribution < 1.29 is 29.6 Å². The smallest absolute Gasteiger partial charge is 0.303 e. The summed E-state index contributed by atoms with van der Waals surface area (Å²) >= 11 is 0. The number of ether oxygens (including phenoxy) is 1. The number of aromatic nitrogens is 2. The molecule has 1 aromatic carbocycles. The third-order valence-corrected chi connectivity index (χ3v) is 4.90. The van der Waals surface area contributed by atoms with Crippen LogP contribution in [-0.2, 0) is 30.0 Å². The number of benzene rings is 1. The van der Waals surface area contributed by atoms with E-state index in [1.165, 1.54) is 10.6 Å². The number of carbonyl (C=O) groups is 2. The predicted octanol–water partition coefficient (Wildman–Crippen LogP) is 0.940. The maximum Gasteiger partial charge on any atom is 0.303 e. The number of fused-ring (bicyclic) bond motifs is 2. The van der Waals surface area contributed by atoms with Gasteiger partial charge in [-0.15, -0.1) is 0 Å². The highest BCUT2D eigenvalue weighted by atomic mass is 16.5. The van der Waals surface area contributed by atoms with Crippen molar-refractivity contribution in [3.05, 3.63) is 50.0 Å². The highest BCUT2D eigenvalue weighted by Gasteiger charge is 2.24. The van der Waals surface area contributed by atoms with Gasteiger partial charge >= 0.3 is 11.9 Å². The van der Waals surface area contributed by atoms with Gasteiger partial charge in [-0.1, -0.05) is 0 Å². The first kappa shape index (κ1) is 21.1. The number of pyridine rings is 2. The maximum atomic E-state index is 12.1. The van der Waals surface area contributed by atoms with Gasteiger partial charge in [0.2, 0.25) is 0 Å². The topological polar surface area (TPSA) is 148 Å². The van der Waals surface area contributed by atoms with E-state index in [0.29, 0.717) is 22.3 Å². The summed E-state index contributed by atoms with van der Waals surface area (Å²) in [5.74, 6) is -1.62. The molecule has 0 saturated carbocycles. The number of rotatable bonds is 4. The molecule has 1 aliphatic rings. The molecule has 3 aromatic rings. The molecule has 0 radical (unpaired) electrons. The van der Waals surface area contributed by atoms with E-state index in [0.717, 1.165) is 16.3 Å². The molecule has 0 unspecified atom stereocenters. The summed E-state index contributed by atoms with van der Waals surface area (Å²) in [6.07, 6.45) is -0.593. The molecular weight excluding hydrogens is 396 g/mol. The minimum Gasteiger partial charge on any atom is -0.481 e. The number of nitrogens with zero attached hydrogens (tertiary/aromatic N) is 2. The third kappa shape index (κ3) is 3.64. The second-order valence-corrected chi connectivity index (χ2v) is 6.88. The van der Waals surface area contributed by atoms with Crippen LogP contribution in [0.3, 0.4) is 0 Å². The molecule has 1 aliphatic heterocycles. The fraction of sp³-hybridized carbons (Fsp3) is 0.300. The fourth-order valence-electron chi connectivity index (χ4n) is 3.41. The van der Waals surface area contributed by atoms with Crippen molar-refractivity contribution in [3.8, 4) is 5.75 Å². The van der Waals surface area contributed by atoms with Crippen molar-refractivity contribution in [3.63, 3.8) is 0 Å². The summed E-state index contributed by atoms with van der Waals surface area (Å²) in [5.41, 5.74) is 2.39. The molecule has 2 aromatic heterocycles. The Bertz CT molecular complexity index is 1290. The number of aryl methyl sites for hydroxylation is 2. The quantitative estimate of drug-likeness (QED) is 0.532. The normalized spacial score (nSPS) is 11.8. The summed E-state index contributed by atoms with van der Waals surface area (Å²) in [7, 11) is 1.66. The summed E-state index contributed by atoms with van der Waals surface area (Å²) in [6, 6.07) is 4.92. The van der Waals surface area contributed by atoms with Crippen LogP contribution in [0.1, 0.15) is 24.0 Å². The van der Waals surface area contributed by atoms with Crippen LogP contribution >= 0.6 is 0 Å². The molecule has 0 fully saturated rings. The number of aliphatic hydroxyl groups excluding tert-OH is 1. The SMILES string of the molecule is Cc1cc(=O)n2c3c(c4c(cc13)c(CO)cc(=O)n4C)OC2.O=C(O)CCC(=O)O. The zero-order valence-electron chi connectivity index (χ0n) is 16.3. The van der Waals surface area contributed by atoms with Gasteiger partial charge in [-0.2, -0.15) is 0 Å². The summed E-state index contributed by atoms with van der Waals surface area (Å²) in [5, 5.41) is 27.0. The van der Waals surface area contributed by atoms with Gasteiger partial charge in [-0.05, 0) is 24.1 Å². The molecule has 3 heterocycles. The minimum atomic E-state index is -1.08. The molecule has 0 bridgehead atoms. The lowest BCUT2D eigenvalue weighted by atomic mass is 10.0. The van der Waals surface area contributed by atoms with E-state index in [1.807, 2.05) is 13.0 Å². The van der Waals surface area contributed by atoms with Gasteiger partial charge in [-0.25, -0.2) is 0 Å². The van der Waals surface area contributed by atoms with E-state index >= 15 is 0 Å². The number of carboxylic acid groups (broad SMARTS) is 2. The first-order valence-electron chi connectivity index (χ1n) is 9.02. The molecule has 3 N–H and O–H groups in total. The molecule has 0 atom stereocenters. The molecule has 0 amide bonds. The molecule has 158 valence electrons. The molecule has 0 spiro atoms. The Morgan fingerprint density at radius 3 is 2.20 bits per heavy atom. The number of carboxylic acids is 2. The molecule has 0 aliphatic carbocycles. The van der Waals surface area contributed by atoms with E-state index in [-0.39, 0.29) is 37.3 Å². The van der Waals surface area contributed by atoms with Crippen molar-refractivity contribution in [2.24, 2.45) is 7.05 Å². The van der Waals surface area contributed by atoms with Crippen LogP contribution in [0, 0.1) is 6.92 Å². The third-order valence-electron chi connectivity index (χ3n) is 4.90. The number of aliphatic carboxylic acids is 2. The van der Waals surface area contributed by atoms with Crippen molar-refractivity contribution >= 4 is 33.7 Å². The van der Waals surface area contributed by atoms with Crippen molar-refractivity contribution in [2.45, 2.75) is 33.1 Å². The van der Waals surface area contributed by atoms with Gasteiger partial charge in [-0.3, -0.25) is 23.7 Å². The van der Waals surface area contributed by atoms with Gasteiger partial charge in [0, 0.05) is 30.0 Å². The summed E-state index contributed by atoms with van der Waals surface area (Å²) in [6.45, 7) is 1.79. The van der Waals surface area contributed by atoms with Gasteiger partial charge in [0.05, 0.1) is 30.5 Å². The van der Waals surface area contributed by atoms with Gasteiger partial charge in [0.1, 0.15) is 0 Å². The average Bonchev–Trinajstić information content (AvgIpc) is 3.13. The van der Waals surface area contributed by atoms with Crippen molar-refractivity contribution in [1.82, 2.24) is 9.13 Å². The van der Waals surface area contributed by atoms with Crippen LogP contribution in [0.4, 0.5) is 0 Å². The highest BCUT2D eigenvalue weighted by molar-refractivity contribution is 6.05. The zero-order chi connectivity index (χ0) is 22.2. The second kappa shape index (κ2) is 7.99. The Kier molecular flexibility index (Phi) is 5.61. The number of aliphatic hydroxyl groups is 1. The van der Waals surface area contributed by atoms with Crippen LogP contribution in [0.2, 0.25) is 0 Å². The molecule has 30 heavy (non-hydrogen) atoms. The first-order chi connectivity index (χ1) is 14.1. The Morgan fingerprint density at radius 2 is 1.63 bits per heavy atom. The van der Waals surface area contributed by atoms with Crippen molar-refractivity contribution in [1.29, 1.82) is 0 Å². The Hall–Kier alpha value is -3.66. The van der Waals surface area contributed by atoms with E-state index in [9.17, 15) is 24.3 Å². The van der Waals surface area contributed by atoms with Gasteiger partial charge < -0.3 is 24.6 Å². The Labute approximate surface area is 169 Å². The molecular formula is C20H20N2O8. The van der Waals surface area contributed by atoms with Crippen LogP contribution in [0.5, 0.6) is 5.75 Å². The minimum absolute atomic E-state index is 0.119. The highest BCUT2D eigenvalue weighted by Crippen LogP contribution is 2.38. The van der Waals surface area contributed by atoms with Crippen LogP contribution in [0.25, 0.3) is 21.8 Å². The van der Waals surface area contributed by atoms with Gasteiger partial charge in [0.15, 0.2) is 12.5 Å². The fourth-order valence-corrected chi connectivity index (χ4v) is 3.41. The predicted molar refractivity (Wildman–Crippen MR) is 107 cm³/mol. The average molecular weight is 416 g/mol. The number of hydrogen-bond acceptors (Lipinski definition) is 6. The van der Waals surface area contributed by atoms with Crippen LogP contribution < -0.4 is 15.9 Å². The molecule has 10 heteroatoms. The lowest BCUT2D eigenvalue weighted by molar-refractivity contribution is -0.143. The molecule has 0 saturated heterocycles. The molecule has 10 nitrogen and oxygen atoms in total. The standard InChI is InChI=1S/C16H14N2O4.C4H6O4/c1-8-3-13(21)18-7-22-16-14-11(5-10(8)15(16)18)9(6-19)4-12(20)17(14)2;5-3(6)1-2-4(7)8/h3-5,19H,6-7H2,1-2H3;1-2H2,(H,5,6)(H,7,8). The van der Waals surface area contributed by atoms with Gasteiger partial charge in [0.25, 0.3) is 11.1 Å². The monoisotopic (exact) mass is 416 g/mol. The lowest BCUT2D eigenvalue weighted by Crippen LogP contribution is -2.18. The zero-order valence-corrected chi connectivity index (χ0v) is 16.3. The molecule has 4 rings (SSSR count). The van der Waals surface area contributed by atoms with Crippen LogP contribution in [-0.4, -0.2) is 36.4 Å². The largest absolute Gasteiger partial charge is 0.481 e. The Balaban J connectivity index is 0.000000275. The number of hydrogen-bond donors (Lipinski definition) is 3. The van der Waals surface area contributed by atoms with E-state index in [4.69, 9.17) is 14.9 Å². The second-order valence-electron chi connectivity index (χ2n) is 6.88. The van der Waals surface area contributed by atoms with Crippen LogP contribution in [0.15, 0.2) is 27.8 Å². The first-order valence-corrected chi connectivity index (χ1v) is 9.02.